The quantitative estimate of drug-likeness (QED) is 0.215. The Morgan fingerprint density at radius 3 is 2.00 bits per heavy atom. The normalized spacial score (nSPS) is 11.1. The van der Waals surface area contributed by atoms with Gasteiger partial charge in [0.25, 0.3) is 5.91 Å². The molecule has 4 aromatic rings. The molecule has 0 bridgehead atoms. The first-order chi connectivity index (χ1) is 17.4. The molecule has 4 aromatic carbocycles. The van der Waals surface area contributed by atoms with Crippen LogP contribution in [-0.2, 0) is 19.0 Å². The second-order valence-corrected chi connectivity index (χ2v) is 8.36. The zero-order valence-electron chi connectivity index (χ0n) is 19.5. The van der Waals surface area contributed by atoms with Gasteiger partial charge in [-0.05, 0) is 85.0 Å². The van der Waals surface area contributed by atoms with Gasteiger partial charge in [0.15, 0.2) is 0 Å². The Kier molecular flexibility index (Phi) is 7.90. The van der Waals surface area contributed by atoms with Crippen molar-refractivity contribution in [1.82, 2.24) is 5.43 Å². The molecule has 0 radical (unpaired) electrons. The molecular formula is C29H26F3N3O. The number of nitrogens with one attached hydrogen (secondary N) is 3. The van der Waals surface area contributed by atoms with Gasteiger partial charge in [-0.3, -0.25) is 15.6 Å². The molecule has 0 aliphatic heterocycles. The predicted molar refractivity (Wildman–Crippen MR) is 137 cm³/mol. The maximum atomic E-state index is 13.0. The minimum atomic E-state index is -4.41. The van der Waals surface area contributed by atoms with Crippen LogP contribution in [0.25, 0.3) is 0 Å². The summed E-state index contributed by atoms with van der Waals surface area (Å²) in [6.45, 7) is 0. The van der Waals surface area contributed by atoms with Gasteiger partial charge in [-0.1, -0.05) is 48.5 Å². The van der Waals surface area contributed by atoms with E-state index in [4.69, 9.17) is 0 Å². The first-order valence-corrected chi connectivity index (χ1v) is 11.6. The standard InChI is InChI=1S/C29H26F3N3O/c30-29(31,32)23-14-16-25(17-15-23)34-35-28(36)27-19-18-26(33-24-12-5-2-6-13-24)20-22(27)11-7-10-21-8-3-1-4-9-21/h1-6,8-9,12-20,33-34H,7,10-11H2,(H,35,36). The summed E-state index contributed by atoms with van der Waals surface area (Å²) in [6, 6.07) is 29.9. The van der Waals surface area contributed by atoms with E-state index in [1.807, 2.05) is 60.7 Å². The van der Waals surface area contributed by atoms with Gasteiger partial charge in [0.05, 0.1) is 11.3 Å². The lowest BCUT2D eigenvalue weighted by Gasteiger charge is -2.15. The van der Waals surface area contributed by atoms with Gasteiger partial charge in [-0.25, -0.2) is 0 Å². The van der Waals surface area contributed by atoms with Gasteiger partial charge >= 0.3 is 6.18 Å². The van der Waals surface area contributed by atoms with E-state index in [1.165, 1.54) is 17.7 Å². The van der Waals surface area contributed by atoms with E-state index in [1.54, 1.807) is 6.07 Å². The number of carbonyl (C=O) groups excluding carboxylic acids is 1. The molecule has 36 heavy (non-hydrogen) atoms. The molecule has 0 unspecified atom stereocenters. The average Bonchev–Trinajstić information content (AvgIpc) is 2.88. The van der Waals surface area contributed by atoms with Crippen molar-refractivity contribution in [2.45, 2.75) is 25.4 Å². The highest BCUT2D eigenvalue weighted by Crippen LogP contribution is 2.29. The fraction of sp³-hybridized carbons (Fsp3) is 0.138. The number of para-hydroxylation sites is 1. The van der Waals surface area contributed by atoms with Crippen molar-refractivity contribution < 1.29 is 18.0 Å². The van der Waals surface area contributed by atoms with Gasteiger partial charge in [0, 0.05) is 16.9 Å². The summed E-state index contributed by atoms with van der Waals surface area (Å²) in [6.07, 6.45) is -2.00. The number of carbonyl (C=O) groups is 1. The fourth-order valence-corrected chi connectivity index (χ4v) is 3.85. The van der Waals surface area contributed by atoms with Crippen molar-refractivity contribution in [3.63, 3.8) is 0 Å². The predicted octanol–water partition coefficient (Wildman–Crippen LogP) is 7.38. The van der Waals surface area contributed by atoms with Crippen molar-refractivity contribution >= 4 is 23.0 Å². The third-order valence-corrected chi connectivity index (χ3v) is 5.70. The second kappa shape index (κ2) is 11.4. The number of halogens is 3. The summed E-state index contributed by atoms with van der Waals surface area (Å²) in [7, 11) is 0. The minimum Gasteiger partial charge on any atom is -0.356 e. The largest absolute Gasteiger partial charge is 0.416 e. The summed E-state index contributed by atoms with van der Waals surface area (Å²) < 4.78 is 38.4. The van der Waals surface area contributed by atoms with Crippen LogP contribution >= 0.6 is 0 Å². The number of aryl methyl sites for hydroxylation is 2. The van der Waals surface area contributed by atoms with Crippen molar-refractivity contribution in [3.05, 3.63) is 125 Å². The zero-order valence-corrected chi connectivity index (χ0v) is 19.5. The minimum absolute atomic E-state index is 0.351. The summed E-state index contributed by atoms with van der Waals surface area (Å²) >= 11 is 0. The molecule has 7 heteroatoms. The summed E-state index contributed by atoms with van der Waals surface area (Å²) in [5.74, 6) is -0.365. The van der Waals surface area contributed by atoms with Gasteiger partial charge < -0.3 is 5.32 Å². The molecule has 4 rings (SSSR count). The lowest BCUT2D eigenvalue weighted by Crippen LogP contribution is -2.30. The number of hydrogen-bond donors (Lipinski definition) is 3. The number of hydrogen-bond acceptors (Lipinski definition) is 3. The van der Waals surface area contributed by atoms with E-state index >= 15 is 0 Å². The summed E-state index contributed by atoms with van der Waals surface area (Å²) in [5, 5.41) is 3.35. The highest BCUT2D eigenvalue weighted by Gasteiger charge is 2.29. The molecule has 0 aliphatic carbocycles. The lowest BCUT2D eigenvalue weighted by molar-refractivity contribution is -0.137. The van der Waals surface area contributed by atoms with E-state index in [0.29, 0.717) is 17.7 Å². The molecule has 0 aliphatic rings. The average molecular weight is 490 g/mol. The summed E-state index contributed by atoms with van der Waals surface area (Å²) in [4.78, 5) is 13.0. The van der Waals surface area contributed by atoms with Crippen molar-refractivity contribution in [2.75, 3.05) is 10.7 Å². The fourth-order valence-electron chi connectivity index (χ4n) is 3.85. The maximum absolute atomic E-state index is 13.0. The Labute approximate surface area is 208 Å². The van der Waals surface area contributed by atoms with E-state index in [2.05, 4.69) is 28.3 Å². The van der Waals surface area contributed by atoms with E-state index in [9.17, 15) is 18.0 Å². The number of alkyl halides is 3. The van der Waals surface area contributed by atoms with Gasteiger partial charge in [-0.15, -0.1) is 0 Å². The zero-order chi connectivity index (χ0) is 25.4. The molecule has 0 heterocycles. The van der Waals surface area contributed by atoms with Crippen LogP contribution in [0.3, 0.4) is 0 Å². The number of amides is 1. The molecule has 3 N–H and O–H groups in total. The van der Waals surface area contributed by atoms with Crippen LogP contribution in [0.2, 0.25) is 0 Å². The Morgan fingerprint density at radius 2 is 1.33 bits per heavy atom. The Bertz CT molecular complexity index is 1270. The maximum Gasteiger partial charge on any atom is 0.416 e. The Balaban J connectivity index is 1.47. The van der Waals surface area contributed by atoms with Crippen LogP contribution in [0, 0.1) is 0 Å². The molecule has 1 amide bonds. The Hall–Kier alpha value is -4.26. The number of hydrazine groups is 1. The highest BCUT2D eigenvalue weighted by atomic mass is 19.4. The third-order valence-electron chi connectivity index (χ3n) is 5.70. The van der Waals surface area contributed by atoms with Gasteiger partial charge in [0.2, 0.25) is 0 Å². The second-order valence-electron chi connectivity index (χ2n) is 8.36. The topological polar surface area (TPSA) is 53.2 Å². The molecule has 184 valence electrons. The van der Waals surface area contributed by atoms with Gasteiger partial charge in [-0.2, -0.15) is 13.2 Å². The molecule has 0 fully saturated rings. The molecular weight excluding hydrogens is 463 g/mol. The first-order valence-electron chi connectivity index (χ1n) is 11.6. The molecule has 4 nitrogen and oxygen atoms in total. The number of rotatable bonds is 9. The smallest absolute Gasteiger partial charge is 0.356 e. The molecule has 0 saturated heterocycles. The van der Waals surface area contributed by atoms with Gasteiger partial charge in [0.1, 0.15) is 0 Å². The first kappa shape index (κ1) is 24.9. The van der Waals surface area contributed by atoms with Crippen molar-refractivity contribution in [2.24, 2.45) is 0 Å². The van der Waals surface area contributed by atoms with Crippen LogP contribution < -0.4 is 16.2 Å². The van der Waals surface area contributed by atoms with Crippen LogP contribution in [0.5, 0.6) is 0 Å². The van der Waals surface area contributed by atoms with Crippen molar-refractivity contribution in [1.29, 1.82) is 0 Å². The summed E-state index contributed by atoms with van der Waals surface area (Å²) in [5.41, 5.74) is 9.31. The monoisotopic (exact) mass is 489 g/mol. The number of anilines is 3. The van der Waals surface area contributed by atoms with E-state index < -0.39 is 11.7 Å². The number of benzene rings is 4. The molecule has 0 atom stereocenters. The third kappa shape index (κ3) is 6.88. The lowest BCUT2D eigenvalue weighted by atomic mass is 9.98. The van der Waals surface area contributed by atoms with Crippen LogP contribution in [0.4, 0.5) is 30.2 Å². The molecule has 0 spiro atoms. The molecule has 0 saturated carbocycles. The van der Waals surface area contributed by atoms with Crippen molar-refractivity contribution in [3.8, 4) is 0 Å². The highest BCUT2D eigenvalue weighted by molar-refractivity contribution is 5.97. The SMILES string of the molecule is O=C(NNc1ccc(C(F)(F)F)cc1)c1ccc(Nc2ccccc2)cc1CCCc1ccccc1. The Morgan fingerprint density at radius 1 is 0.694 bits per heavy atom. The van der Waals surface area contributed by atoms with Crippen LogP contribution in [-0.4, -0.2) is 5.91 Å². The van der Waals surface area contributed by atoms with Crippen LogP contribution in [0.15, 0.2) is 103 Å². The molecule has 0 aromatic heterocycles. The van der Waals surface area contributed by atoms with Crippen LogP contribution in [0.1, 0.15) is 33.5 Å². The van der Waals surface area contributed by atoms with E-state index in [-0.39, 0.29) is 5.91 Å². The van der Waals surface area contributed by atoms with E-state index in [0.717, 1.165) is 41.9 Å².